The Morgan fingerprint density at radius 2 is 1.47 bits per heavy atom. The Morgan fingerprint density at radius 1 is 0.895 bits per heavy atom. The van der Waals surface area contributed by atoms with Crippen LogP contribution in [0.25, 0.3) is 0 Å². The molecule has 0 heterocycles. The summed E-state index contributed by atoms with van der Waals surface area (Å²) in [4.78, 5) is 0. The molecule has 19 heavy (non-hydrogen) atoms. The molecule has 0 amide bonds. The minimum atomic E-state index is -0.220. The average molecular weight is 260 g/mol. The normalized spacial score (nSPS) is 66.0. The summed E-state index contributed by atoms with van der Waals surface area (Å²) in [7, 11) is 0. The van der Waals surface area contributed by atoms with E-state index in [4.69, 9.17) is 0 Å². The lowest BCUT2D eigenvalue weighted by Gasteiger charge is -2.63. The fourth-order valence-corrected chi connectivity index (χ4v) is 8.07. The van der Waals surface area contributed by atoms with Crippen LogP contribution < -0.4 is 0 Å². The Labute approximate surface area is 117 Å². The molecule has 0 aromatic rings. The van der Waals surface area contributed by atoms with Crippen molar-refractivity contribution in [1.82, 2.24) is 0 Å². The van der Waals surface area contributed by atoms with E-state index in [1.54, 1.807) is 0 Å². The molecular formula is C18H28O. The van der Waals surface area contributed by atoms with E-state index in [-0.39, 0.29) is 5.60 Å². The van der Waals surface area contributed by atoms with E-state index in [0.717, 1.165) is 11.8 Å². The van der Waals surface area contributed by atoms with Crippen molar-refractivity contribution in [3.8, 4) is 0 Å². The molecule has 0 aliphatic heterocycles. The van der Waals surface area contributed by atoms with Crippen LogP contribution in [0.3, 0.4) is 0 Å². The summed E-state index contributed by atoms with van der Waals surface area (Å²) in [6, 6.07) is 0. The molecular weight excluding hydrogens is 232 g/mol. The van der Waals surface area contributed by atoms with Gasteiger partial charge in [-0.3, -0.25) is 0 Å². The Morgan fingerprint density at radius 3 is 2.00 bits per heavy atom. The average Bonchev–Trinajstić information content (AvgIpc) is 2.95. The molecule has 0 saturated heterocycles. The molecule has 0 radical (unpaired) electrons. The molecule has 4 bridgehead atoms. The monoisotopic (exact) mass is 260 g/mol. The molecule has 6 aliphatic rings. The number of rotatable bonds is 1. The minimum absolute atomic E-state index is 0.220. The van der Waals surface area contributed by atoms with Crippen LogP contribution >= 0.6 is 0 Å². The summed E-state index contributed by atoms with van der Waals surface area (Å²) in [5.74, 6) is 3.30. The molecule has 1 N–H and O–H groups in total. The molecule has 1 heteroatoms. The van der Waals surface area contributed by atoms with Gasteiger partial charge in [-0.05, 0) is 80.5 Å². The first-order chi connectivity index (χ1) is 9.05. The smallest absolute Gasteiger partial charge is 0.0767 e. The van der Waals surface area contributed by atoms with Crippen molar-refractivity contribution >= 4 is 0 Å². The van der Waals surface area contributed by atoms with Crippen molar-refractivity contribution < 1.29 is 5.11 Å². The SMILES string of the molecule is CC12CC3CC(C1)CC(C1(O)C4CCCCC41)(C3)C2. The second-order valence-corrected chi connectivity index (χ2v) is 9.37. The Balaban J connectivity index is 1.55. The highest BCUT2D eigenvalue weighted by Gasteiger charge is 2.76. The van der Waals surface area contributed by atoms with Crippen molar-refractivity contribution in [3.63, 3.8) is 0 Å². The molecule has 0 aromatic carbocycles. The van der Waals surface area contributed by atoms with Crippen molar-refractivity contribution in [3.05, 3.63) is 0 Å². The third kappa shape index (κ3) is 1.27. The van der Waals surface area contributed by atoms with Gasteiger partial charge in [0.05, 0.1) is 5.60 Å². The predicted molar refractivity (Wildman–Crippen MR) is 75.6 cm³/mol. The lowest BCUT2D eigenvalue weighted by Crippen LogP contribution is -2.57. The van der Waals surface area contributed by atoms with E-state index in [1.807, 2.05) is 0 Å². The number of aliphatic hydroxyl groups is 1. The lowest BCUT2D eigenvalue weighted by atomic mass is 9.42. The third-order valence-corrected chi connectivity index (χ3v) is 7.99. The van der Waals surface area contributed by atoms with Gasteiger partial charge in [0.15, 0.2) is 0 Å². The number of fused-ring (bicyclic) bond motifs is 1. The van der Waals surface area contributed by atoms with Gasteiger partial charge in [-0.15, -0.1) is 0 Å². The first-order valence-electron chi connectivity index (χ1n) is 8.77. The van der Waals surface area contributed by atoms with Crippen LogP contribution in [0.1, 0.15) is 71.1 Å². The first kappa shape index (κ1) is 11.6. The lowest BCUT2D eigenvalue weighted by molar-refractivity contribution is -0.173. The predicted octanol–water partition coefficient (Wildman–Crippen LogP) is 4.14. The van der Waals surface area contributed by atoms with E-state index in [9.17, 15) is 5.11 Å². The largest absolute Gasteiger partial charge is 0.389 e. The van der Waals surface area contributed by atoms with Crippen molar-refractivity contribution in [2.45, 2.75) is 76.7 Å². The molecule has 1 nitrogen and oxygen atoms in total. The number of hydrogen-bond acceptors (Lipinski definition) is 1. The maximum Gasteiger partial charge on any atom is 0.0767 e. The zero-order valence-electron chi connectivity index (χ0n) is 12.3. The Kier molecular flexibility index (Phi) is 1.98. The van der Waals surface area contributed by atoms with Gasteiger partial charge in [0.2, 0.25) is 0 Å². The molecule has 106 valence electrons. The first-order valence-corrected chi connectivity index (χ1v) is 8.77. The summed E-state index contributed by atoms with van der Waals surface area (Å²) < 4.78 is 0. The standard InChI is InChI=1S/C18H28O/c1-16-7-12-6-13(8-16)10-17(9-12,11-16)18(19)14-4-2-3-5-15(14)18/h12-15,19H,2-11H2,1H3. The van der Waals surface area contributed by atoms with E-state index in [2.05, 4.69) is 6.92 Å². The van der Waals surface area contributed by atoms with Gasteiger partial charge in [0, 0.05) is 5.41 Å². The zero-order valence-corrected chi connectivity index (χ0v) is 12.3. The van der Waals surface area contributed by atoms with Crippen molar-refractivity contribution in [1.29, 1.82) is 0 Å². The molecule has 6 fully saturated rings. The van der Waals surface area contributed by atoms with E-state index in [1.165, 1.54) is 64.2 Å². The Bertz CT molecular complexity index is 399. The van der Waals surface area contributed by atoms with Crippen LogP contribution in [0.2, 0.25) is 0 Å². The van der Waals surface area contributed by atoms with Gasteiger partial charge in [0.25, 0.3) is 0 Å². The fourth-order valence-electron chi connectivity index (χ4n) is 8.07. The van der Waals surface area contributed by atoms with Crippen LogP contribution in [0, 0.1) is 34.5 Å². The van der Waals surface area contributed by atoms with Gasteiger partial charge in [-0.2, -0.15) is 0 Å². The van der Waals surface area contributed by atoms with Crippen LogP contribution in [0.5, 0.6) is 0 Å². The summed E-state index contributed by atoms with van der Waals surface area (Å²) in [6.07, 6.45) is 14.0. The highest BCUT2D eigenvalue weighted by Crippen LogP contribution is 2.77. The number of hydrogen-bond donors (Lipinski definition) is 1. The van der Waals surface area contributed by atoms with E-state index >= 15 is 0 Å². The second-order valence-electron chi connectivity index (χ2n) is 9.37. The summed E-state index contributed by atoms with van der Waals surface area (Å²) in [5, 5.41) is 11.6. The van der Waals surface area contributed by atoms with Crippen LogP contribution in [0.15, 0.2) is 0 Å². The second kappa shape index (κ2) is 3.24. The molecule has 4 unspecified atom stereocenters. The van der Waals surface area contributed by atoms with Crippen molar-refractivity contribution in [2.24, 2.45) is 34.5 Å². The van der Waals surface area contributed by atoms with Gasteiger partial charge in [-0.25, -0.2) is 0 Å². The molecule has 0 spiro atoms. The van der Waals surface area contributed by atoms with Crippen LogP contribution in [-0.4, -0.2) is 10.7 Å². The van der Waals surface area contributed by atoms with Gasteiger partial charge in [0.1, 0.15) is 0 Å². The van der Waals surface area contributed by atoms with Crippen LogP contribution in [-0.2, 0) is 0 Å². The topological polar surface area (TPSA) is 20.2 Å². The molecule has 6 rings (SSSR count). The summed E-state index contributed by atoms with van der Waals surface area (Å²) in [6.45, 7) is 2.54. The van der Waals surface area contributed by atoms with Crippen molar-refractivity contribution in [2.75, 3.05) is 0 Å². The Hall–Kier alpha value is -0.0400. The minimum Gasteiger partial charge on any atom is -0.389 e. The highest BCUT2D eigenvalue weighted by atomic mass is 16.3. The van der Waals surface area contributed by atoms with Gasteiger partial charge in [-0.1, -0.05) is 19.8 Å². The zero-order chi connectivity index (χ0) is 12.9. The van der Waals surface area contributed by atoms with Gasteiger partial charge >= 0.3 is 0 Å². The fraction of sp³-hybridized carbons (Fsp3) is 1.00. The quantitative estimate of drug-likeness (QED) is 0.751. The maximum atomic E-state index is 11.6. The highest BCUT2D eigenvalue weighted by molar-refractivity contribution is 5.25. The maximum absolute atomic E-state index is 11.6. The van der Waals surface area contributed by atoms with E-state index < -0.39 is 0 Å². The van der Waals surface area contributed by atoms with E-state index in [0.29, 0.717) is 22.7 Å². The third-order valence-electron chi connectivity index (χ3n) is 7.99. The van der Waals surface area contributed by atoms with Crippen LogP contribution in [0.4, 0.5) is 0 Å². The van der Waals surface area contributed by atoms with Gasteiger partial charge < -0.3 is 5.11 Å². The molecule has 6 aliphatic carbocycles. The summed E-state index contributed by atoms with van der Waals surface area (Å²) in [5.41, 5.74) is 0.722. The molecule has 4 atom stereocenters. The molecule has 0 aromatic heterocycles. The molecule has 6 saturated carbocycles. The summed E-state index contributed by atoms with van der Waals surface area (Å²) >= 11 is 0.